The number of carbonyl (C=O) groups excluding carboxylic acids is 1. The summed E-state index contributed by atoms with van der Waals surface area (Å²) >= 11 is 5.81. The zero-order chi connectivity index (χ0) is 14.7. The van der Waals surface area contributed by atoms with Crippen LogP contribution in [0.1, 0.15) is 5.56 Å². The van der Waals surface area contributed by atoms with Gasteiger partial charge in [0.2, 0.25) is 0 Å². The summed E-state index contributed by atoms with van der Waals surface area (Å²) in [6.45, 7) is 0.386. The maximum Gasteiger partial charge on any atom is 0.326 e. The van der Waals surface area contributed by atoms with Gasteiger partial charge in [-0.05, 0) is 29.8 Å². The molecule has 21 heavy (non-hydrogen) atoms. The van der Waals surface area contributed by atoms with Crippen LogP contribution in [0.2, 0.25) is 5.02 Å². The predicted octanol–water partition coefficient (Wildman–Crippen LogP) is 3.43. The maximum absolute atomic E-state index is 11.9. The summed E-state index contributed by atoms with van der Waals surface area (Å²) in [6, 6.07) is 14.9. The van der Waals surface area contributed by atoms with E-state index in [0.29, 0.717) is 5.02 Å². The molecule has 0 saturated carbocycles. The standard InChI is InChI=1S/C16H13ClN2O2/c17-13-7-5-12(6-8-13)10-21-16(20)9-19-11-18-14-3-1-2-4-15(14)19/h1-8,11H,9-10H2. The number of halogens is 1. The van der Waals surface area contributed by atoms with Gasteiger partial charge in [-0.2, -0.15) is 0 Å². The molecule has 0 bridgehead atoms. The lowest BCUT2D eigenvalue weighted by Gasteiger charge is -2.06. The van der Waals surface area contributed by atoms with Crippen LogP contribution >= 0.6 is 11.6 Å². The number of hydrogen-bond acceptors (Lipinski definition) is 3. The Morgan fingerprint density at radius 3 is 2.71 bits per heavy atom. The van der Waals surface area contributed by atoms with Gasteiger partial charge in [0, 0.05) is 5.02 Å². The number of nitrogens with zero attached hydrogens (tertiary/aromatic N) is 2. The summed E-state index contributed by atoms with van der Waals surface area (Å²) in [4.78, 5) is 16.1. The number of hydrogen-bond donors (Lipinski definition) is 0. The Hall–Kier alpha value is -2.33. The highest BCUT2D eigenvalue weighted by atomic mass is 35.5. The van der Waals surface area contributed by atoms with Crippen LogP contribution in [0.5, 0.6) is 0 Å². The Balaban J connectivity index is 1.62. The third kappa shape index (κ3) is 3.23. The molecule has 0 amide bonds. The smallest absolute Gasteiger partial charge is 0.326 e. The van der Waals surface area contributed by atoms with Gasteiger partial charge >= 0.3 is 5.97 Å². The van der Waals surface area contributed by atoms with E-state index in [1.54, 1.807) is 23.0 Å². The Labute approximate surface area is 126 Å². The fourth-order valence-electron chi connectivity index (χ4n) is 2.07. The van der Waals surface area contributed by atoms with E-state index in [-0.39, 0.29) is 19.1 Å². The van der Waals surface area contributed by atoms with Crippen LogP contribution in [0.25, 0.3) is 11.0 Å². The van der Waals surface area contributed by atoms with Crippen molar-refractivity contribution in [2.24, 2.45) is 0 Å². The molecule has 5 heteroatoms. The lowest BCUT2D eigenvalue weighted by atomic mass is 10.2. The lowest BCUT2D eigenvalue weighted by molar-refractivity contribution is -0.145. The molecular formula is C16H13ClN2O2. The number of ether oxygens (including phenoxy) is 1. The highest BCUT2D eigenvalue weighted by molar-refractivity contribution is 6.30. The van der Waals surface area contributed by atoms with Crippen molar-refractivity contribution in [3.05, 3.63) is 65.4 Å². The van der Waals surface area contributed by atoms with Crippen molar-refractivity contribution < 1.29 is 9.53 Å². The van der Waals surface area contributed by atoms with Crippen LogP contribution in [0, 0.1) is 0 Å². The van der Waals surface area contributed by atoms with E-state index in [4.69, 9.17) is 16.3 Å². The molecule has 0 radical (unpaired) electrons. The van der Waals surface area contributed by atoms with Crippen molar-refractivity contribution >= 4 is 28.6 Å². The molecule has 2 aromatic carbocycles. The van der Waals surface area contributed by atoms with Crippen molar-refractivity contribution in [2.75, 3.05) is 0 Å². The molecule has 0 fully saturated rings. The third-order valence-corrected chi connectivity index (χ3v) is 3.39. The topological polar surface area (TPSA) is 44.1 Å². The summed E-state index contributed by atoms with van der Waals surface area (Å²) in [7, 11) is 0. The van der Waals surface area contributed by atoms with E-state index in [0.717, 1.165) is 16.6 Å². The van der Waals surface area contributed by atoms with E-state index < -0.39 is 0 Å². The Morgan fingerprint density at radius 1 is 1.14 bits per heavy atom. The Bertz CT molecular complexity index is 765. The largest absolute Gasteiger partial charge is 0.459 e. The summed E-state index contributed by atoms with van der Waals surface area (Å²) in [5.74, 6) is -0.298. The van der Waals surface area contributed by atoms with Crippen LogP contribution in [0.4, 0.5) is 0 Å². The van der Waals surface area contributed by atoms with Gasteiger partial charge in [-0.15, -0.1) is 0 Å². The zero-order valence-corrected chi connectivity index (χ0v) is 12.0. The van der Waals surface area contributed by atoms with E-state index >= 15 is 0 Å². The average Bonchev–Trinajstić information content (AvgIpc) is 2.90. The molecule has 0 atom stereocenters. The first kappa shape index (κ1) is 13.6. The minimum atomic E-state index is -0.298. The molecule has 0 spiro atoms. The second-order valence-corrected chi connectivity index (χ2v) is 5.08. The first-order chi connectivity index (χ1) is 10.2. The number of aromatic nitrogens is 2. The molecular weight excluding hydrogens is 288 g/mol. The van der Waals surface area contributed by atoms with Crippen LogP contribution in [0.3, 0.4) is 0 Å². The third-order valence-electron chi connectivity index (χ3n) is 3.14. The number of para-hydroxylation sites is 2. The maximum atomic E-state index is 11.9. The van der Waals surface area contributed by atoms with Crippen molar-refractivity contribution in [2.45, 2.75) is 13.2 Å². The van der Waals surface area contributed by atoms with E-state index in [2.05, 4.69) is 4.98 Å². The number of carbonyl (C=O) groups is 1. The summed E-state index contributed by atoms with van der Waals surface area (Å²) in [6.07, 6.45) is 1.65. The fourth-order valence-corrected chi connectivity index (χ4v) is 2.19. The number of rotatable bonds is 4. The van der Waals surface area contributed by atoms with Crippen molar-refractivity contribution in [3.63, 3.8) is 0 Å². The summed E-state index contributed by atoms with van der Waals surface area (Å²) in [5.41, 5.74) is 2.69. The summed E-state index contributed by atoms with van der Waals surface area (Å²) < 4.78 is 7.04. The van der Waals surface area contributed by atoms with Crippen molar-refractivity contribution in [1.82, 2.24) is 9.55 Å². The molecule has 3 aromatic rings. The number of imidazole rings is 1. The molecule has 106 valence electrons. The predicted molar refractivity (Wildman–Crippen MR) is 81.0 cm³/mol. The first-order valence-electron chi connectivity index (χ1n) is 6.52. The van der Waals surface area contributed by atoms with Crippen LogP contribution in [-0.4, -0.2) is 15.5 Å². The number of fused-ring (bicyclic) bond motifs is 1. The average molecular weight is 301 g/mol. The quantitative estimate of drug-likeness (QED) is 0.693. The SMILES string of the molecule is O=C(Cn1cnc2ccccc21)OCc1ccc(Cl)cc1. The highest BCUT2D eigenvalue weighted by Crippen LogP contribution is 2.13. The van der Waals surface area contributed by atoms with Gasteiger partial charge in [-0.1, -0.05) is 35.9 Å². The molecule has 0 saturated heterocycles. The van der Waals surface area contributed by atoms with Crippen molar-refractivity contribution in [1.29, 1.82) is 0 Å². The molecule has 4 nitrogen and oxygen atoms in total. The second kappa shape index (κ2) is 5.97. The van der Waals surface area contributed by atoms with Crippen LogP contribution in [-0.2, 0) is 22.7 Å². The molecule has 0 aliphatic rings. The molecule has 0 N–H and O–H groups in total. The fraction of sp³-hybridized carbons (Fsp3) is 0.125. The normalized spacial score (nSPS) is 10.7. The number of benzene rings is 2. The van der Waals surface area contributed by atoms with Gasteiger partial charge in [0.05, 0.1) is 17.4 Å². The van der Waals surface area contributed by atoms with E-state index in [1.165, 1.54) is 0 Å². The van der Waals surface area contributed by atoms with E-state index in [1.807, 2.05) is 36.4 Å². The molecule has 3 rings (SSSR count). The highest BCUT2D eigenvalue weighted by Gasteiger charge is 2.08. The van der Waals surface area contributed by atoms with Gasteiger partial charge in [0.25, 0.3) is 0 Å². The zero-order valence-electron chi connectivity index (χ0n) is 11.2. The van der Waals surface area contributed by atoms with Gasteiger partial charge < -0.3 is 9.30 Å². The van der Waals surface area contributed by atoms with Gasteiger partial charge in [-0.3, -0.25) is 4.79 Å². The molecule has 0 aliphatic heterocycles. The minimum Gasteiger partial charge on any atom is -0.459 e. The molecule has 1 aromatic heterocycles. The monoisotopic (exact) mass is 300 g/mol. The summed E-state index contributed by atoms with van der Waals surface area (Å²) in [5, 5.41) is 0.662. The Kier molecular flexibility index (Phi) is 3.88. The number of esters is 1. The van der Waals surface area contributed by atoms with Gasteiger partial charge in [-0.25, -0.2) is 4.98 Å². The van der Waals surface area contributed by atoms with E-state index in [9.17, 15) is 4.79 Å². The second-order valence-electron chi connectivity index (χ2n) is 4.65. The lowest BCUT2D eigenvalue weighted by Crippen LogP contribution is -2.12. The van der Waals surface area contributed by atoms with Crippen LogP contribution < -0.4 is 0 Å². The Morgan fingerprint density at radius 2 is 1.90 bits per heavy atom. The molecule has 0 aliphatic carbocycles. The van der Waals surface area contributed by atoms with Gasteiger partial charge in [0.15, 0.2) is 0 Å². The first-order valence-corrected chi connectivity index (χ1v) is 6.90. The van der Waals surface area contributed by atoms with Gasteiger partial charge in [0.1, 0.15) is 13.2 Å². The molecule has 0 unspecified atom stereocenters. The minimum absolute atomic E-state index is 0.147. The van der Waals surface area contributed by atoms with Crippen molar-refractivity contribution in [3.8, 4) is 0 Å². The molecule has 1 heterocycles. The van der Waals surface area contributed by atoms with Crippen LogP contribution in [0.15, 0.2) is 54.9 Å².